The molecule has 0 aliphatic carbocycles. The third-order valence-electron chi connectivity index (χ3n) is 6.02. The number of hydrogen-bond acceptors (Lipinski definition) is 7. The first-order valence-corrected chi connectivity index (χ1v) is 11.9. The van der Waals surface area contributed by atoms with E-state index < -0.39 is 12.0 Å². The standard InChI is InChI=1S/C25H25ClN2O6S/c1-28-23(21-7-6-8-35-21)22(13-9-19(33-4)20(34-5)10-14(13)25(28)30)24(29)27-16-11-15(26)17(31-2)12-18(16)32-3/h6-12,22-23H,1-5H3,(H,27,29)/t22-,23+/m1/s1. The lowest BCUT2D eigenvalue weighted by atomic mass is 9.81. The van der Waals surface area contributed by atoms with E-state index in [1.54, 1.807) is 36.2 Å². The van der Waals surface area contributed by atoms with Gasteiger partial charge in [0.05, 0.1) is 51.1 Å². The molecule has 1 N–H and O–H groups in total. The Morgan fingerprint density at radius 2 is 1.63 bits per heavy atom. The lowest BCUT2D eigenvalue weighted by Gasteiger charge is -2.39. The van der Waals surface area contributed by atoms with E-state index in [0.29, 0.717) is 44.8 Å². The number of anilines is 1. The number of nitrogens with zero attached hydrogens (tertiary/aromatic N) is 1. The van der Waals surface area contributed by atoms with Crippen molar-refractivity contribution < 1.29 is 28.5 Å². The van der Waals surface area contributed by atoms with Crippen LogP contribution in [0.5, 0.6) is 23.0 Å². The molecule has 4 rings (SSSR count). The smallest absolute Gasteiger partial charge is 0.254 e. The molecule has 1 aliphatic rings. The van der Waals surface area contributed by atoms with Gasteiger partial charge in [-0.25, -0.2) is 0 Å². The minimum atomic E-state index is -0.753. The van der Waals surface area contributed by atoms with Gasteiger partial charge in [-0.3, -0.25) is 9.59 Å². The average Bonchev–Trinajstić information content (AvgIpc) is 3.39. The van der Waals surface area contributed by atoms with E-state index in [2.05, 4.69) is 5.32 Å². The van der Waals surface area contributed by atoms with Gasteiger partial charge in [0.2, 0.25) is 5.91 Å². The van der Waals surface area contributed by atoms with Crippen molar-refractivity contribution in [2.24, 2.45) is 0 Å². The van der Waals surface area contributed by atoms with Crippen LogP contribution in [0.15, 0.2) is 41.8 Å². The molecule has 10 heteroatoms. The third-order valence-corrected chi connectivity index (χ3v) is 7.26. The molecule has 0 saturated heterocycles. The van der Waals surface area contributed by atoms with Crippen LogP contribution in [0.1, 0.15) is 32.8 Å². The van der Waals surface area contributed by atoms with E-state index in [4.69, 9.17) is 30.5 Å². The fourth-order valence-corrected chi connectivity index (χ4v) is 5.46. The molecule has 184 valence electrons. The number of ether oxygens (including phenoxy) is 4. The number of halogens is 1. The van der Waals surface area contributed by atoms with E-state index in [9.17, 15) is 9.59 Å². The number of fused-ring (bicyclic) bond motifs is 1. The first-order valence-electron chi connectivity index (χ1n) is 10.6. The molecule has 2 atom stereocenters. The number of carbonyl (C=O) groups excluding carboxylic acids is 2. The zero-order valence-corrected chi connectivity index (χ0v) is 21.5. The quantitative estimate of drug-likeness (QED) is 0.476. The van der Waals surface area contributed by atoms with Gasteiger partial charge in [0.15, 0.2) is 11.5 Å². The van der Waals surface area contributed by atoms with Crippen molar-refractivity contribution in [2.45, 2.75) is 12.0 Å². The highest BCUT2D eigenvalue weighted by atomic mass is 35.5. The fraction of sp³-hybridized carbons (Fsp3) is 0.280. The summed E-state index contributed by atoms with van der Waals surface area (Å²) in [5.41, 5.74) is 1.30. The highest BCUT2D eigenvalue weighted by Gasteiger charge is 2.44. The Kier molecular flexibility index (Phi) is 7.09. The molecule has 0 unspecified atom stereocenters. The van der Waals surface area contributed by atoms with Gasteiger partial charge in [-0.05, 0) is 35.2 Å². The lowest BCUT2D eigenvalue weighted by molar-refractivity contribution is -0.119. The molecule has 8 nitrogen and oxygen atoms in total. The lowest BCUT2D eigenvalue weighted by Crippen LogP contribution is -2.43. The molecule has 1 aliphatic heterocycles. The number of nitrogens with one attached hydrogen (secondary N) is 1. The van der Waals surface area contributed by atoms with Crippen LogP contribution >= 0.6 is 22.9 Å². The van der Waals surface area contributed by atoms with Crippen LogP contribution < -0.4 is 24.3 Å². The van der Waals surface area contributed by atoms with Gasteiger partial charge in [-0.15, -0.1) is 11.3 Å². The number of benzene rings is 2. The summed E-state index contributed by atoms with van der Waals surface area (Å²) in [6, 6.07) is 9.76. The van der Waals surface area contributed by atoms with Crippen molar-refractivity contribution in [1.29, 1.82) is 0 Å². The number of methoxy groups -OCH3 is 4. The van der Waals surface area contributed by atoms with Gasteiger partial charge in [0.25, 0.3) is 5.91 Å². The minimum absolute atomic E-state index is 0.214. The Bertz CT molecular complexity index is 1260. The Hall–Kier alpha value is -3.43. The Labute approximate surface area is 212 Å². The van der Waals surface area contributed by atoms with E-state index in [-0.39, 0.29) is 11.8 Å². The fourth-order valence-electron chi connectivity index (χ4n) is 4.31. The average molecular weight is 517 g/mol. The highest BCUT2D eigenvalue weighted by molar-refractivity contribution is 7.10. The topological polar surface area (TPSA) is 86.3 Å². The summed E-state index contributed by atoms with van der Waals surface area (Å²) in [5, 5.41) is 5.18. The van der Waals surface area contributed by atoms with Gasteiger partial charge in [-0.1, -0.05) is 17.7 Å². The second-order valence-electron chi connectivity index (χ2n) is 7.82. The van der Waals surface area contributed by atoms with Gasteiger partial charge >= 0.3 is 0 Å². The van der Waals surface area contributed by atoms with Crippen molar-refractivity contribution in [3.05, 3.63) is 62.8 Å². The maximum absolute atomic E-state index is 13.9. The van der Waals surface area contributed by atoms with Gasteiger partial charge in [-0.2, -0.15) is 0 Å². The summed E-state index contributed by atoms with van der Waals surface area (Å²) in [5.74, 6) is 0.339. The Balaban J connectivity index is 1.86. The van der Waals surface area contributed by atoms with E-state index in [0.717, 1.165) is 4.88 Å². The molecular formula is C25H25ClN2O6S. The summed E-state index contributed by atoms with van der Waals surface area (Å²) < 4.78 is 21.6. The molecule has 2 aromatic carbocycles. The van der Waals surface area contributed by atoms with Crippen LogP contribution in [0.3, 0.4) is 0 Å². The summed E-state index contributed by atoms with van der Waals surface area (Å²) in [6.07, 6.45) is 0. The van der Waals surface area contributed by atoms with Gasteiger partial charge in [0, 0.05) is 23.6 Å². The van der Waals surface area contributed by atoms with Crippen LogP contribution in [-0.2, 0) is 4.79 Å². The van der Waals surface area contributed by atoms with Crippen LogP contribution in [0.25, 0.3) is 0 Å². The largest absolute Gasteiger partial charge is 0.495 e. The maximum Gasteiger partial charge on any atom is 0.254 e. The first kappa shape index (κ1) is 24.7. The summed E-state index contributed by atoms with van der Waals surface area (Å²) in [6.45, 7) is 0. The molecule has 0 fully saturated rings. The highest BCUT2D eigenvalue weighted by Crippen LogP contribution is 2.47. The van der Waals surface area contributed by atoms with Crippen molar-refractivity contribution in [3.63, 3.8) is 0 Å². The van der Waals surface area contributed by atoms with Crippen LogP contribution in [-0.4, -0.2) is 52.2 Å². The van der Waals surface area contributed by atoms with Crippen LogP contribution in [0.2, 0.25) is 5.02 Å². The molecule has 0 saturated carbocycles. The zero-order valence-electron chi connectivity index (χ0n) is 19.9. The van der Waals surface area contributed by atoms with E-state index in [1.165, 1.54) is 39.8 Å². The van der Waals surface area contributed by atoms with Crippen molar-refractivity contribution in [2.75, 3.05) is 40.8 Å². The molecule has 0 radical (unpaired) electrons. The predicted molar refractivity (Wildman–Crippen MR) is 135 cm³/mol. The normalized spacial score (nSPS) is 17.0. The SMILES string of the molecule is COc1cc(OC)c(NC(=O)[C@@H]2c3cc(OC)c(OC)cc3C(=O)N(C)[C@H]2c2cccs2)cc1Cl. The summed E-state index contributed by atoms with van der Waals surface area (Å²) in [7, 11) is 7.69. The summed E-state index contributed by atoms with van der Waals surface area (Å²) >= 11 is 7.80. The number of rotatable bonds is 7. The molecule has 35 heavy (non-hydrogen) atoms. The first-order chi connectivity index (χ1) is 16.8. The minimum Gasteiger partial charge on any atom is -0.495 e. The number of thiophene rings is 1. The van der Waals surface area contributed by atoms with Crippen LogP contribution in [0, 0.1) is 0 Å². The molecule has 0 bridgehead atoms. The van der Waals surface area contributed by atoms with Crippen molar-refractivity contribution in [3.8, 4) is 23.0 Å². The summed E-state index contributed by atoms with van der Waals surface area (Å²) in [4.78, 5) is 29.8. The number of amides is 2. The third kappa shape index (κ3) is 4.37. The zero-order chi connectivity index (χ0) is 25.3. The molecule has 2 heterocycles. The van der Waals surface area contributed by atoms with Crippen molar-refractivity contribution >= 4 is 40.4 Å². The molecule has 3 aromatic rings. The second kappa shape index (κ2) is 10.1. The second-order valence-corrected chi connectivity index (χ2v) is 9.21. The molecular weight excluding hydrogens is 492 g/mol. The number of hydrogen-bond donors (Lipinski definition) is 1. The van der Waals surface area contributed by atoms with Crippen molar-refractivity contribution in [1.82, 2.24) is 4.90 Å². The molecule has 1 aromatic heterocycles. The van der Waals surface area contributed by atoms with Gasteiger partial charge in [0.1, 0.15) is 11.5 Å². The van der Waals surface area contributed by atoms with Gasteiger partial charge < -0.3 is 29.2 Å². The molecule has 0 spiro atoms. The van der Waals surface area contributed by atoms with E-state index >= 15 is 0 Å². The Morgan fingerprint density at radius 1 is 0.971 bits per heavy atom. The number of carbonyl (C=O) groups is 2. The van der Waals surface area contributed by atoms with E-state index in [1.807, 2.05) is 17.5 Å². The Morgan fingerprint density at radius 3 is 2.23 bits per heavy atom. The number of likely N-dealkylation sites (N-methyl/N-ethyl adjacent to an activating group) is 1. The van der Waals surface area contributed by atoms with Crippen LogP contribution in [0.4, 0.5) is 5.69 Å². The predicted octanol–water partition coefficient (Wildman–Crippen LogP) is 4.99. The molecule has 2 amide bonds. The maximum atomic E-state index is 13.9. The monoisotopic (exact) mass is 516 g/mol.